The van der Waals surface area contributed by atoms with E-state index in [4.69, 9.17) is 0 Å². The van der Waals surface area contributed by atoms with Crippen molar-refractivity contribution in [3.63, 3.8) is 0 Å². The van der Waals surface area contributed by atoms with Gasteiger partial charge in [0, 0.05) is 33.8 Å². The predicted molar refractivity (Wildman–Crippen MR) is 120 cm³/mol. The van der Waals surface area contributed by atoms with Gasteiger partial charge in [0.25, 0.3) is 0 Å². The number of carbonyl (C=O) groups excluding carboxylic acids is 1. The maximum absolute atomic E-state index is 12.8. The minimum Gasteiger partial charge on any atom is -0.336 e. The van der Waals surface area contributed by atoms with Crippen molar-refractivity contribution in [3.05, 3.63) is 57.5 Å². The number of hydrogen-bond donors (Lipinski definition) is 3. The van der Waals surface area contributed by atoms with Crippen LogP contribution < -0.4 is 15.4 Å². The number of nitrogens with zero attached hydrogens (tertiary/aromatic N) is 2. The Hall–Kier alpha value is -2.13. The first-order valence-corrected chi connectivity index (χ1v) is 12.1. The van der Waals surface area contributed by atoms with Crippen molar-refractivity contribution < 1.29 is 13.2 Å². The molecule has 0 saturated carbocycles. The third-order valence-corrected chi connectivity index (χ3v) is 7.59. The molecule has 0 aromatic heterocycles. The largest absolute Gasteiger partial charge is 0.336 e. The Kier molecular flexibility index (Phi) is 7.36. The van der Waals surface area contributed by atoms with Gasteiger partial charge in [-0.15, -0.1) is 0 Å². The maximum atomic E-state index is 12.8. The summed E-state index contributed by atoms with van der Waals surface area (Å²) >= 11 is 6.54. The molecule has 3 rings (SSSR count). The molecule has 2 amide bonds. The van der Waals surface area contributed by atoms with Gasteiger partial charge >= 0.3 is 6.03 Å². The molecule has 0 radical (unpaired) electrons. The monoisotopic (exact) mass is 555 g/mol. The lowest BCUT2D eigenvalue weighted by atomic mass is 10.2. The van der Waals surface area contributed by atoms with E-state index >= 15 is 0 Å². The Morgan fingerprint density at radius 2 is 1.93 bits per heavy atom. The second-order valence-electron chi connectivity index (χ2n) is 6.74. The predicted octanol–water partition coefficient (Wildman–Crippen LogP) is 3.24. The van der Waals surface area contributed by atoms with Crippen LogP contribution in [0.1, 0.15) is 6.42 Å². The van der Waals surface area contributed by atoms with E-state index in [9.17, 15) is 18.5 Å². The number of rotatable bonds is 6. The summed E-state index contributed by atoms with van der Waals surface area (Å²) in [6, 6.07) is 12.7. The molecule has 0 aliphatic carbocycles. The fourth-order valence-electron chi connectivity index (χ4n) is 3.19. The molecular weight excluding hydrogens is 538 g/mol. The van der Waals surface area contributed by atoms with E-state index < -0.39 is 16.1 Å². The lowest BCUT2D eigenvalue weighted by Gasteiger charge is -2.18. The van der Waals surface area contributed by atoms with E-state index in [1.165, 1.54) is 11.0 Å². The molecule has 30 heavy (non-hydrogen) atoms. The summed E-state index contributed by atoms with van der Waals surface area (Å²) in [5, 5.41) is 14.9. The Morgan fingerprint density at radius 3 is 2.63 bits per heavy atom. The zero-order chi connectivity index (χ0) is 21.7. The highest BCUT2D eigenvalue weighted by molar-refractivity contribution is 9.11. The number of nitriles is 1. The number of urea groups is 1. The van der Waals surface area contributed by atoms with Crippen LogP contribution in [0.25, 0.3) is 0 Å². The molecule has 2 atom stereocenters. The second-order valence-corrected chi connectivity index (χ2v) is 10.2. The van der Waals surface area contributed by atoms with Crippen LogP contribution in [0.4, 0.5) is 10.5 Å². The van der Waals surface area contributed by atoms with Crippen molar-refractivity contribution in [2.24, 2.45) is 0 Å². The van der Waals surface area contributed by atoms with Gasteiger partial charge in [-0.2, -0.15) is 5.26 Å². The summed E-state index contributed by atoms with van der Waals surface area (Å²) < 4.78 is 29.3. The zero-order valence-corrected chi connectivity index (χ0v) is 19.7. The summed E-state index contributed by atoms with van der Waals surface area (Å²) in [7, 11) is -3.79. The van der Waals surface area contributed by atoms with Crippen LogP contribution >= 0.6 is 31.9 Å². The van der Waals surface area contributed by atoms with Gasteiger partial charge in [0.1, 0.15) is 0 Å². The number of likely N-dealkylation sites (tertiary alicyclic amines) is 1. The van der Waals surface area contributed by atoms with Crippen molar-refractivity contribution in [2.75, 3.05) is 18.4 Å². The maximum Gasteiger partial charge on any atom is 0.319 e. The van der Waals surface area contributed by atoms with E-state index in [0.29, 0.717) is 21.1 Å². The smallest absolute Gasteiger partial charge is 0.319 e. The van der Waals surface area contributed by atoms with Gasteiger partial charge in [0.05, 0.1) is 10.9 Å². The molecule has 1 fully saturated rings. The molecule has 0 bridgehead atoms. The standard InChI is InChI=1S/C19H19Br2N5O3S/c20-13-6-7-17(21)18(8-13)30(28,29)25-15-9-16(26(11-15)12-22)10-23-19(27)24-14-4-2-1-3-5-14/h1-8,15-16,25H,9-11H2,(H2,23,24,27). The molecule has 1 aliphatic rings. The quantitative estimate of drug-likeness (QED) is 0.473. The molecule has 2 aromatic carbocycles. The number of carbonyl (C=O) groups is 1. The van der Waals surface area contributed by atoms with Gasteiger partial charge in [-0.3, -0.25) is 0 Å². The summed E-state index contributed by atoms with van der Waals surface area (Å²) in [6.45, 7) is 0.443. The number of benzene rings is 2. The Labute approximate surface area is 191 Å². The average molecular weight is 557 g/mol. The van der Waals surface area contributed by atoms with Crippen LogP contribution in [0.2, 0.25) is 0 Å². The molecule has 2 aromatic rings. The first-order chi connectivity index (χ1) is 14.3. The van der Waals surface area contributed by atoms with Crippen molar-refractivity contribution in [1.29, 1.82) is 5.26 Å². The van der Waals surface area contributed by atoms with Gasteiger partial charge in [-0.05, 0) is 52.7 Å². The Bertz CT molecular complexity index is 1060. The number of hydrogen-bond acceptors (Lipinski definition) is 5. The number of anilines is 1. The topological polar surface area (TPSA) is 114 Å². The van der Waals surface area contributed by atoms with Crippen LogP contribution in [-0.2, 0) is 10.0 Å². The first kappa shape index (κ1) is 22.6. The highest BCUT2D eigenvalue weighted by Crippen LogP contribution is 2.27. The highest BCUT2D eigenvalue weighted by Gasteiger charge is 2.35. The van der Waals surface area contributed by atoms with Crippen molar-refractivity contribution in [1.82, 2.24) is 14.9 Å². The lowest BCUT2D eigenvalue weighted by Crippen LogP contribution is -2.39. The Morgan fingerprint density at radius 1 is 1.20 bits per heavy atom. The number of nitrogens with one attached hydrogen (secondary N) is 3. The molecule has 1 saturated heterocycles. The van der Waals surface area contributed by atoms with E-state index in [2.05, 4.69) is 53.4 Å². The first-order valence-electron chi connectivity index (χ1n) is 9.02. The number of halogens is 2. The third kappa shape index (κ3) is 5.72. The molecule has 3 N–H and O–H groups in total. The van der Waals surface area contributed by atoms with Crippen molar-refractivity contribution in [2.45, 2.75) is 23.4 Å². The average Bonchev–Trinajstić information content (AvgIpc) is 3.10. The molecule has 0 spiro atoms. The summed E-state index contributed by atoms with van der Waals surface area (Å²) in [6.07, 6.45) is 2.47. The molecule has 158 valence electrons. The van der Waals surface area contributed by atoms with E-state index in [1.807, 2.05) is 18.2 Å². The van der Waals surface area contributed by atoms with Crippen LogP contribution in [0.15, 0.2) is 62.4 Å². The van der Waals surface area contributed by atoms with Crippen molar-refractivity contribution in [3.8, 4) is 6.19 Å². The Balaban J connectivity index is 1.60. The minimum absolute atomic E-state index is 0.115. The van der Waals surface area contributed by atoms with Crippen molar-refractivity contribution >= 4 is 53.6 Å². The van der Waals surface area contributed by atoms with E-state index in [-0.39, 0.29) is 30.1 Å². The molecule has 1 aliphatic heterocycles. The van der Waals surface area contributed by atoms with Gasteiger partial charge in [0.2, 0.25) is 10.0 Å². The molecule has 11 heteroatoms. The van der Waals surface area contributed by atoms with E-state index in [0.717, 1.165) is 0 Å². The minimum atomic E-state index is -3.79. The van der Waals surface area contributed by atoms with Crippen LogP contribution in [0.3, 0.4) is 0 Å². The zero-order valence-electron chi connectivity index (χ0n) is 15.7. The molecule has 1 heterocycles. The molecule has 8 nitrogen and oxygen atoms in total. The van der Waals surface area contributed by atoms with Gasteiger partial charge in [0.15, 0.2) is 6.19 Å². The van der Waals surface area contributed by atoms with Gasteiger partial charge in [-0.1, -0.05) is 34.1 Å². The van der Waals surface area contributed by atoms with E-state index in [1.54, 1.807) is 24.3 Å². The fraction of sp³-hybridized carbons (Fsp3) is 0.263. The van der Waals surface area contributed by atoms with Crippen LogP contribution in [0.5, 0.6) is 0 Å². The van der Waals surface area contributed by atoms with Gasteiger partial charge < -0.3 is 15.5 Å². The number of para-hydroxylation sites is 1. The second kappa shape index (κ2) is 9.78. The summed E-state index contributed by atoms with van der Waals surface area (Å²) in [4.78, 5) is 13.7. The third-order valence-electron chi connectivity index (χ3n) is 4.58. The summed E-state index contributed by atoms with van der Waals surface area (Å²) in [5.41, 5.74) is 0.656. The summed E-state index contributed by atoms with van der Waals surface area (Å²) in [5.74, 6) is 0. The lowest BCUT2D eigenvalue weighted by molar-refractivity contribution is 0.248. The molecular formula is C19H19Br2N5O3S. The number of sulfonamides is 1. The fourth-order valence-corrected chi connectivity index (χ4v) is 5.93. The number of amides is 2. The van der Waals surface area contributed by atoms with Crippen LogP contribution in [-0.4, -0.2) is 44.5 Å². The SMILES string of the molecule is N#CN1CC(NS(=O)(=O)c2cc(Br)ccc2Br)CC1CNC(=O)Nc1ccccc1. The van der Waals surface area contributed by atoms with Gasteiger partial charge in [-0.25, -0.2) is 17.9 Å². The highest BCUT2D eigenvalue weighted by atomic mass is 79.9. The molecule has 2 unspecified atom stereocenters. The normalized spacial score (nSPS) is 18.6. The van der Waals surface area contributed by atoms with Crippen LogP contribution in [0, 0.1) is 11.5 Å².